The van der Waals surface area contributed by atoms with Gasteiger partial charge in [-0.15, -0.1) is 0 Å². The number of rotatable bonds is 5. The number of ether oxygens (including phenoxy) is 2. The van der Waals surface area contributed by atoms with E-state index < -0.39 is 0 Å². The van der Waals surface area contributed by atoms with Crippen LogP contribution in [0.3, 0.4) is 0 Å². The number of esters is 1. The van der Waals surface area contributed by atoms with Crippen molar-refractivity contribution in [2.75, 3.05) is 19.5 Å². The maximum Gasteiger partial charge on any atom is 0.321 e. The van der Waals surface area contributed by atoms with Crippen molar-refractivity contribution in [1.82, 2.24) is 15.0 Å². The number of carbonyl (C=O) groups excluding carboxylic acids is 1. The topological polar surface area (TPSA) is 74.2 Å². The summed E-state index contributed by atoms with van der Waals surface area (Å²) in [5.41, 5.74) is 0. The highest BCUT2D eigenvalue weighted by molar-refractivity contribution is 7.99. The first kappa shape index (κ1) is 13.0. The van der Waals surface area contributed by atoms with Gasteiger partial charge in [-0.2, -0.15) is 15.0 Å². The first-order valence-electron chi connectivity index (χ1n) is 4.39. The van der Waals surface area contributed by atoms with E-state index in [9.17, 15) is 4.79 Å². The summed E-state index contributed by atoms with van der Waals surface area (Å²) in [6, 6.07) is 0.117. The van der Waals surface area contributed by atoms with Gasteiger partial charge in [0.05, 0.1) is 19.5 Å². The summed E-state index contributed by atoms with van der Waals surface area (Å²) in [7, 11) is 1.42. The molecule has 0 amide bonds. The molecule has 0 aliphatic heterocycles. The zero-order valence-electron chi connectivity index (χ0n) is 8.77. The molecule has 88 valence electrons. The Bertz CT molecular complexity index is 378. The second kappa shape index (κ2) is 6.49. The van der Waals surface area contributed by atoms with Gasteiger partial charge in [0, 0.05) is 0 Å². The average Bonchev–Trinajstić information content (AvgIpc) is 2.26. The van der Waals surface area contributed by atoms with E-state index in [2.05, 4.69) is 15.0 Å². The first-order valence-corrected chi connectivity index (χ1v) is 5.76. The Balaban J connectivity index is 2.59. The Morgan fingerprint density at radius 3 is 2.81 bits per heavy atom. The largest absolute Gasteiger partial charge is 0.467 e. The smallest absolute Gasteiger partial charge is 0.321 e. The fraction of sp³-hybridized carbons (Fsp3) is 0.500. The third-order valence-electron chi connectivity index (χ3n) is 1.37. The van der Waals surface area contributed by atoms with Crippen LogP contribution in [0.4, 0.5) is 0 Å². The van der Waals surface area contributed by atoms with Crippen LogP contribution in [0, 0.1) is 0 Å². The highest BCUT2D eigenvalue weighted by Crippen LogP contribution is 2.17. The zero-order chi connectivity index (χ0) is 12.0. The third kappa shape index (κ3) is 4.19. The van der Waals surface area contributed by atoms with Crippen molar-refractivity contribution < 1.29 is 14.3 Å². The van der Waals surface area contributed by atoms with Crippen LogP contribution in [0.2, 0.25) is 5.28 Å². The van der Waals surface area contributed by atoms with E-state index in [1.807, 2.05) is 0 Å². The lowest BCUT2D eigenvalue weighted by atomic mass is 10.8. The predicted molar refractivity (Wildman–Crippen MR) is 58.7 cm³/mol. The second-order valence-electron chi connectivity index (χ2n) is 2.47. The van der Waals surface area contributed by atoms with Crippen molar-refractivity contribution in [1.29, 1.82) is 0 Å². The highest BCUT2D eigenvalue weighted by Gasteiger charge is 2.09. The Labute approximate surface area is 102 Å². The molecule has 1 aromatic heterocycles. The van der Waals surface area contributed by atoms with Gasteiger partial charge in [0.25, 0.3) is 0 Å². The number of halogens is 1. The monoisotopic (exact) mass is 263 g/mol. The molecule has 1 rings (SSSR count). The Morgan fingerprint density at radius 2 is 2.19 bits per heavy atom. The van der Waals surface area contributed by atoms with Gasteiger partial charge in [-0.1, -0.05) is 11.8 Å². The molecule has 0 bridgehead atoms. The van der Waals surface area contributed by atoms with E-state index in [1.54, 1.807) is 6.92 Å². The molecule has 0 aliphatic rings. The van der Waals surface area contributed by atoms with Gasteiger partial charge in [-0.05, 0) is 18.5 Å². The van der Waals surface area contributed by atoms with Gasteiger partial charge in [-0.3, -0.25) is 4.79 Å². The number of methoxy groups -OCH3 is 1. The van der Waals surface area contributed by atoms with E-state index in [4.69, 9.17) is 21.1 Å². The normalized spacial score (nSPS) is 9.94. The van der Waals surface area contributed by atoms with Gasteiger partial charge < -0.3 is 9.47 Å². The molecule has 0 unspecified atom stereocenters. The van der Waals surface area contributed by atoms with E-state index >= 15 is 0 Å². The van der Waals surface area contributed by atoms with E-state index in [0.717, 1.165) is 11.8 Å². The molecule has 0 aliphatic carbocycles. The van der Waals surface area contributed by atoms with Crippen molar-refractivity contribution in [2.45, 2.75) is 12.1 Å². The molecule has 0 fully saturated rings. The number of thioether (sulfide) groups is 1. The second-order valence-corrected chi connectivity index (χ2v) is 3.75. The summed E-state index contributed by atoms with van der Waals surface area (Å²) in [5, 5.41) is 0.350. The number of carbonyl (C=O) groups is 1. The van der Waals surface area contributed by atoms with Crippen LogP contribution in [0.25, 0.3) is 0 Å². The van der Waals surface area contributed by atoms with Crippen LogP contribution < -0.4 is 4.74 Å². The standard InChI is InChI=1S/C8H10ClN3O3S/c1-3-15-5(13)4-16-8-11-6(9)10-7(12-8)14-2/h3-4H2,1-2H3. The summed E-state index contributed by atoms with van der Waals surface area (Å²) >= 11 is 6.74. The molecule has 0 saturated heterocycles. The third-order valence-corrected chi connectivity index (χ3v) is 2.36. The van der Waals surface area contributed by atoms with Crippen molar-refractivity contribution in [2.24, 2.45) is 0 Å². The van der Waals surface area contributed by atoms with Gasteiger partial charge in [0.1, 0.15) is 0 Å². The zero-order valence-corrected chi connectivity index (χ0v) is 10.3. The van der Waals surface area contributed by atoms with Crippen LogP contribution in [0.5, 0.6) is 6.01 Å². The average molecular weight is 264 g/mol. The summed E-state index contributed by atoms with van der Waals surface area (Å²) in [4.78, 5) is 22.5. The fourth-order valence-corrected chi connectivity index (χ4v) is 1.62. The van der Waals surface area contributed by atoms with Crippen LogP contribution in [-0.4, -0.2) is 40.4 Å². The van der Waals surface area contributed by atoms with Crippen LogP contribution in [-0.2, 0) is 9.53 Å². The van der Waals surface area contributed by atoms with Crippen molar-refractivity contribution in [3.8, 4) is 6.01 Å². The minimum Gasteiger partial charge on any atom is -0.467 e. The molecule has 0 aromatic carbocycles. The number of nitrogens with zero attached hydrogens (tertiary/aromatic N) is 3. The van der Waals surface area contributed by atoms with Gasteiger partial charge >= 0.3 is 12.0 Å². The van der Waals surface area contributed by atoms with Crippen molar-refractivity contribution in [3.05, 3.63) is 5.28 Å². The number of hydrogen-bond acceptors (Lipinski definition) is 7. The highest BCUT2D eigenvalue weighted by atomic mass is 35.5. The van der Waals surface area contributed by atoms with E-state index in [-0.39, 0.29) is 23.0 Å². The molecule has 6 nitrogen and oxygen atoms in total. The lowest BCUT2D eigenvalue weighted by Gasteiger charge is -2.02. The SMILES string of the molecule is CCOC(=O)CSc1nc(Cl)nc(OC)n1. The van der Waals surface area contributed by atoms with Crippen molar-refractivity contribution >= 4 is 29.3 Å². The molecule has 0 radical (unpaired) electrons. The molecule has 16 heavy (non-hydrogen) atoms. The minimum absolute atomic E-state index is 0.0261. The Kier molecular flexibility index (Phi) is 5.27. The number of aromatic nitrogens is 3. The Hall–Kier alpha value is -1.08. The van der Waals surface area contributed by atoms with E-state index in [1.165, 1.54) is 7.11 Å². The minimum atomic E-state index is -0.331. The van der Waals surface area contributed by atoms with Gasteiger partial charge in [-0.25, -0.2) is 0 Å². The molecule has 1 aromatic rings. The maximum atomic E-state index is 11.1. The lowest BCUT2D eigenvalue weighted by Crippen LogP contribution is -2.07. The molecule has 0 spiro atoms. The lowest BCUT2D eigenvalue weighted by molar-refractivity contribution is -0.139. The summed E-state index contributed by atoms with van der Waals surface area (Å²) in [6.45, 7) is 2.09. The molecule has 0 saturated carbocycles. The predicted octanol–water partition coefficient (Wildman–Crippen LogP) is 1.19. The van der Waals surface area contributed by atoms with Crippen LogP contribution >= 0.6 is 23.4 Å². The molecule has 8 heteroatoms. The summed E-state index contributed by atoms with van der Waals surface area (Å²) in [6.07, 6.45) is 0. The first-order chi connectivity index (χ1) is 7.65. The molecule has 0 atom stereocenters. The van der Waals surface area contributed by atoms with Crippen LogP contribution in [0.1, 0.15) is 6.92 Å². The Morgan fingerprint density at radius 1 is 1.44 bits per heavy atom. The van der Waals surface area contributed by atoms with Crippen LogP contribution in [0.15, 0.2) is 5.16 Å². The molecular formula is C8H10ClN3O3S. The van der Waals surface area contributed by atoms with Gasteiger partial charge in [0.15, 0.2) is 5.16 Å². The summed E-state index contributed by atoms with van der Waals surface area (Å²) < 4.78 is 9.57. The summed E-state index contributed by atoms with van der Waals surface area (Å²) in [5.74, 6) is -0.208. The molecular weight excluding hydrogens is 254 g/mol. The quantitative estimate of drug-likeness (QED) is 0.583. The van der Waals surface area contributed by atoms with E-state index in [0.29, 0.717) is 11.8 Å². The number of hydrogen-bond donors (Lipinski definition) is 0. The van der Waals surface area contributed by atoms with Gasteiger partial charge in [0.2, 0.25) is 5.28 Å². The van der Waals surface area contributed by atoms with Crippen molar-refractivity contribution in [3.63, 3.8) is 0 Å². The molecule has 1 heterocycles. The molecule has 0 N–H and O–H groups in total. The maximum absolute atomic E-state index is 11.1. The fourth-order valence-electron chi connectivity index (χ4n) is 0.797.